The number of carbonyl (C=O) groups excluding carboxylic acids is 1. The molecule has 0 bridgehead atoms. The van der Waals surface area contributed by atoms with Crippen molar-refractivity contribution in [1.82, 2.24) is 10.3 Å². The lowest BCUT2D eigenvalue weighted by Gasteiger charge is -2.19. The summed E-state index contributed by atoms with van der Waals surface area (Å²) in [5, 5.41) is 10.6. The molecule has 0 fully saturated rings. The van der Waals surface area contributed by atoms with Gasteiger partial charge in [-0.05, 0) is 66.4 Å². The molecule has 2 heterocycles. The van der Waals surface area contributed by atoms with Gasteiger partial charge in [0, 0.05) is 12.3 Å². The number of anilines is 4. The van der Waals surface area contributed by atoms with Gasteiger partial charge in [0.2, 0.25) is 0 Å². The van der Waals surface area contributed by atoms with Crippen LogP contribution in [0, 0.1) is 5.92 Å². The van der Waals surface area contributed by atoms with Crippen molar-refractivity contribution >= 4 is 35.0 Å². The Labute approximate surface area is 234 Å². The molecule has 40 heavy (non-hydrogen) atoms. The van der Waals surface area contributed by atoms with E-state index in [1.807, 2.05) is 72.8 Å². The van der Waals surface area contributed by atoms with Crippen LogP contribution in [-0.4, -0.2) is 24.6 Å². The molecule has 1 amide bonds. The number of hydrogen-bond donors (Lipinski definition) is 2. The first-order chi connectivity index (χ1) is 19.5. The van der Waals surface area contributed by atoms with E-state index >= 15 is 0 Å². The van der Waals surface area contributed by atoms with E-state index in [9.17, 15) is 4.79 Å². The lowest BCUT2D eigenvalue weighted by atomic mass is 10.1. The maximum atomic E-state index is 12.8. The van der Waals surface area contributed by atoms with E-state index < -0.39 is 0 Å². The molecule has 3 aromatic carbocycles. The number of nitrogens with one attached hydrogen (secondary N) is 2. The molecule has 0 spiro atoms. The molecular weight excluding hydrogens is 504 g/mol. The Hall–Kier alpha value is -4.98. The zero-order valence-corrected chi connectivity index (χ0v) is 22.7. The van der Waals surface area contributed by atoms with E-state index in [1.54, 1.807) is 19.3 Å². The fraction of sp³-hybridized carbons (Fsp3) is 0.188. The van der Waals surface area contributed by atoms with Crippen molar-refractivity contribution < 1.29 is 19.0 Å². The number of hydrogen-bond acceptors (Lipinski definition) is 7. The molecule has 5 rings (SSSR count). The third kappa shape index (κ3) is 6.35. The first-order valence-corrected chi connectivity index (χ1v) is 13.1. The monoisotopic (exact) mass is 535 g/mol. The molecular formula is C32H31N4O4. The fourth-order valence-corrected chi connectivity index (χ4v) is 4.16. The van der Waals surface area contributed by atoms with Crippen molar-refractivity contribution in [2.75, 3.05) is 24.4 Å². The Kier molecular flexibility index (Phi) is 8.15. The average molecular weight is 536 g/mol. The second kappa shape index (κ2) is 12.3. The Morgan fingerprint density at radius 1 is 0.850 bits per heavy atom. The highest BCUT2D eigenvalue weighted by Gasteiger charge is 2.23. The van der Waals surface area contributed by atoms with E-state index in [0.29, 0.717) is 63.9 Å². The van der Waals surface area contributed by atoms with Crippen LogP contribution < -0.4 is 30.2 Å². The number of benzene rings is 3. The lowest BCUT2D eigenvalue weighted by Crippen LogP contribution is -2.19. The predicted octanol–water partition coefficient (Wildman–Crippen LogP) is 7.52. The number of rotatable bonds is 11. The smallest absolute Gasteiger partial charge is 0.281 e. The third-order valence-electron chi connectivity index (χ3n) is 6.22. The van der Waals surface area contributed by atoms with Gasteiger partial charge in [0.15, 0.2) is 0 Å². The number of nitrogens with zero attached hydrogens (tertiary/aromatic N) is 2. The van der Waals surface area contributed by atoms with Crippen LogP contribution in [0.25, 0.3) is 6.08 Å². The summed E-state index contributed by atoms with van der Waals surface area (Å²) in [5.74, 6) is 3.68. The Bertz CT molecular complexity index is 1520. The highest BCUT2D eigenvalue weighted by Crippen LogP contribution is 2.36. The number of fused-ring (bicyclic) bond motifs is 1. The van der Waals surface area contributed by atoms with Crippen molar-refractivity contribution in [3.63, 3.8) is 0 Å². The molecule has 0 saturated heterocycles. The molecule has 1 aliphatic rings. The maximum absolute atomic E-state index is 12.8. The Morgan fingerprint density at radius 2 is 1.65 bits per heavy atom. The van der Waals surface area contributed by atoms with Gasteiger partial charge < -0.3 is 24.8 Å². The molecule has 0 aliphatic carbocycles. The summed E-state index contributed by atoms with van der Waals surface area (Å²) in [5.41, 5.74) is 2.44. The summed E-state index contributed by atoms with van der Waals surface area (Å²) in [6.07, 6.45) is 4.21. The zero-order chi connectivity index (χ0) is 27.9. The molecule has 1 aliphatic heterocycles. The Morgan fingerprint density at radius 3 is 2.45 bits per heavy atom. The van der Waals surface area contributed by atoms with Crippen LogP contribution in [0.3, 0.4) is 0 Å². The average Bonchev–Trinajstić information content (AvgIpc) is 2.94. The number of amides is 1. The minimum absolute atomic E-state index is 0.368. The van der Waals surface area contributed by atoms with Crippen LogP contribution in [-0.2, 0) is 0 Å². The SMILES string of the molecule is COc1ccc(Oc2ccccc2)cc1Nc1cc2c(c(Nc3ccccc3OCCC(C)C)n1)C(=O)[N]C=C2. The lowest BCUT2D eigenvalue weighted by molar-refractivity contribution is 0.0965. The van der Waals surface area contributed by atoms with Crippen LogP contribution in [0.4, 0.5) is 23.0 Å². The zero-order valence-electron chi connectivity index (χ0n) is 22.7. The molecule has 0 saturated carbocycles. The Balaban J connectivity index is 1.47. The summed E-state index contributed by atoms with van der Waals surface area (Å²) >= 11 is 0. The van der Waals surface area contributed by atoms with E-state index in [-0.39, 0.29) is 5.91 Å². The van der Waals surface area contributed by atoms with Gasteiger partial charge >= 0.3 is 0 Å². The number of aromatic nitrogens is 1. The summed E-state index contributed by atoms with van der Waals surface area (Å²) in [4.78, 5) is 17.6. The number of pyridine rings is 1. The molecule has 1 aromatic heterocycles. The van der Waals surface area contributed by atoms with E-state index in [4.69, 9.17) is 19.2 Å². The van der Waals surface area contributed by atoms with Crippen molar-refractivity contribution in [3.8, 4) is 23.0 Å². The number of methoxy groups -OCH3 is 1. The van der Waals surface area contributed by atoms with Gasteiger partial charge in [-0.1, -0.05) is 44.2 Å². The predicted molar refractivity (Wildman–Crippen MR) is 157 cm³/mol. The van der Waals surface area contributed by atoms with Crippen LogP contribution in [0.15, 0.2) is 85.1 Å². The third-order valence-corrected chi connectivity index (χ3v) is 6.22. The second-order valence-electron chi connectivity index (χ2n) is 9.62. The van der Waals surface area contributed by atoms with Crippen LogP contribution >= 0.6 is 0 Å². The highest BCUT2D eigenvalue weighted by atomic mass is 16.5. The molecule has 0 unspecified atom stereocenters. The topological polar surface area (TPSA) is 95.8 Å². The van der Waals surface area contributed by atoms with E-state index in [2.05, 4.69) is 29.8 Å². The van der Waals surface area contributed by atoms with E-state index in [1.165, 1.54) is 6.20 Å². The molecule has 8 heteroatoms. The number of carbonyl (C=O) groups is 1. The van der Waals surface area contributed by atoms with Gasteiger partial charge in [0.25, 0.3) is 5.91 Å². The van der Waals surface area contributed by atoms with Gasteiger partial charge in [0.1, 0.15) is 34.6 Å². The molecule has 1 radical (unpaired) electrons. The summed E-state index contributed by atoms with van der Waals surface area (Å²) in [7, 11) is 1.60. The van der Waals surface area contributed by atoms with Gasteiger partial charge in [-0.25, -0.2) is 10.3 Å². The summed E-state index contributed by atoms with van der Waals surface area (Å²) < 4.78 is 17.7. The minimum atomic E-state index is -0.368. The quantitative estimate of drug-likeness (QED) is 0.205. The van der Waals surface area contributed by atoms with E-state index in [0.717, 1.165) is 12.2 Å². The fourth-order valence-electron chi connectivity index (χ4n) is 4.16. The molecule has 2 N–H and O–H groups in total. The van der Waals surface area contributed by atoms with Crippen molar-refractivity contribution in [2.24, 2.45) is 5.92 Å². The van der Waals surface area contributed by atoms with Gasteiger partial charge in [0.05, 0.1) is 30.7 Å². The summed E-state index contributed by atoms with van der Waals surface area (Å²) in [6.45, 7) is 4.90. The van der Waals surface area contributed by atoms with Gasteiger partial charge in [-0.3, -0.25) is 4.79 Å². The first kappa shape index (κ1) is 26.6. The minimum Gasteiger partial charge on any atom is -0.495 e. The largest absolute Gasteiger partial charge is 0.495 e. The highest BCUT2D eigenvalue weighted by molar-refractivity contribution is 6.05. The molecule has 8 nitrogen and oxygen atoms in total. The van der Waals surface area contributed by atoms with Crippen LogP contribution in [0.1, 0.15) is 36.2 Å². The maximum Gasteiger partial charge on any atom is 0.281 e. The van der Waals surface area contributed by atoms with Crippen molar-refractivity contribution in [2.45, 2.75) is 20.3 Å². The summed E-state index contributed by atoms with van der Waals surface area (Å²) in [6, 6.07) is 24.5. The van der Waals surface area contributed by atoms with Crippen molar-refractivity contribution in [3.05, 3.63) is 96.2 Å². The first-order valence-electron chi connectivity index (χ1n) is 13.1. The number of para-hydroxylation sites is 3. The molecule has 0 atom stereocenters. The number of ether oxygens (including phenoxy) is 3. The molecule has 4 aromatic rings. The van der Waals surface area contributed by atoms with Gasteiger partial charge in [-0.15, -0.1) is 0 Å². The van der Waals surface area contributed by atoms with Crippen LogP contribution in [0.5, 0.6) is 23.0 Å². The van der Waals surface area contributed by atoms with Crippen molar-refractivity contribution in [1.29, 1.82) is 0 Å². The molecule has 203 valence electrons. The second-order valence-corrected chi connectivity index (χ2v) is 9.62. The normalized spacial score (nSPS) is 11.9. The van der Waals surface area contributed by atoms with Crippen LogP contribution in [0.2, 0.25) is 0 Å². The standard InChI is InChI=1S/C32H31N4O4/c1-21(2)16-18-39-28-12-8-7-11-25(28)35-31-30-22(15-17-33-32(30)37)19-29(36-31)34-26-20-24(13-14-27(26)38-3)40-23-9-5-4-6-10-23/h4-15,17,19-21H,16,18H2,1-3H3,(H2,34,35,36). The van der Waals surface area contributed by atoms with Gasteiger partial charge in [-0.2, -0.15) is 0 Å².